The molecule has 0 saturated carbocycles. The lowest BCUT2D eigenvalue weighted by atomic mass is 10.2. The average Bonchev–Trinajstić information content (AvgIpc) is 2.17. The number of carbonyl (C=O) groups is 1. The van der Waals surface area contributed by atoms with E-state index in [-0.39, 0.29) is 12.5 Å². The van der Waals surface area contributed by atoms with Gasteiger partial charge in [0.15, 0.2) is 0 Å². The molecule has 5 heteroatoms. The number of nitrogens with one attached hydrogen (secondary N) is 2. The zero-order chi connectivity index (χ0) is 10.4. The number of amides is 1. The number of anilines is 1. The van der Waals surface area contributed by atoms with Gasteiger partial charge in [0.1, 0.15) is 6.61 Å². The standard InChI is InChI=1S/C9H12N2O3/c1-7(12)10-11-9-4-2-8(3-5-9)6-14-13/h2-5,11,13H,6H2,1H3,(H,10,12). The third-order valence-electron chi connectivity index (χ3n) is 1.57. The third-order valence-corrected chi connectivity index (χ3v) is 1.57. The van der Waals surface area contributed by atoms with Gasteiger partial charge in [0.05, 0.1) is 5.69 Å². The highest BCUT2D eigenvalue weighted by Gasteiger charge is 1.94. The van der Waals surface area contributed by atoms with Crippen molar-refractivity contribution in [1.82, 2.24) is 5.43 Å². The summed E-state index contributed by atoms with van der Waals surface area (Å²) >= 11 is 0. The molecule has 1 aromatic carbocycles. The summed E-state index contributed by atoms with van der Waals surface area (Å²) in [5, 5.41) is 8.19. The van der Waals surface area contributed by atoms with Gasteiger partial charge in [-0.1, -0.05) is 12.1 Å². The maximum atomic E-state index is 10.6. The molecule has 0 atom stereocenters. The van der Waals surface area contributed by atoms with E-state index in [1.807, 2.05) is 0 Å². The lowest BCUT2D eigenvalue weighted by molar-refractivity contribution is -0.253. The van der Waals surface area contributed by atoms with Crippen molar-refractivity contribution < 1.29 is 14.9 Å². The largest absolute Gasteiger partial charge is 0.299 e. The molecule has 5 nitrogen and oxygen atoms in total. The Bertz CT molecular complexity index is 297. The van der Waals surface area contributed by atoms with E-state index in [9.17, 15) is 4.79 Å². The Morgan fingerprint density at radius 1 is 1.43 bits per heavy atom. The van der Waals surface area contributed by atoms with Gasteiger partial charge >= 0.3 is 0 Å². The number of hydrogen-bond donors (Lipinski definition) is 3. The summed E-state index contributed by atoms with van der Waals surface area (Å²) in [4.78, 5) is 14.5. The minimum absolute atomic E-state index is 0.153. The second-order valence-electron chi connectivity index (χ2n) is 2.78. The Labute approximate surface area is 81.6 Å². The quantitative estimate of drug-likeness (QED) is 0.499. The number of benzene rings is 1. The Morgan fingerprint density at radius 2 is 2.07 bits per heavy atom. The van der Waals surface area contributed by atoms with Crippen LogP contribution in [-0.2, 0) is 16.3 Å². The Kier molecular flexibility index (Phi) is 3.90. The van der Waals surface area contributed by atoms with Gasteiger partial charge in [0.25, 0.3) is 0 Å². The van der Waals surface area contributed by atoms with E-state index >= 15 is 0 Å². The summed E-state index contributed by atoms with van der Waals surface area (Å²) in [7, 11) is 0. The smallest absolute Gasteiger partial charge is 0.235 e. The van der Waals surface area contributed by atoms with E-state index in [1.165, 1.54) is 6.92 Å². The van der Waals surface area contributed by atoms with E-state index in [0.717, 1.165) is 11.3 Å². The molecule has 0 aliphatic carbocycles. The molecule has 0 aromatic heterocycles. The summed E-state index contributed by atoms with van der Waals surface area (Å²) in [5.41, 5.74) is 6.77. The van der Waals surface area contributed by atoms with Crippen molar-refractivity contribution in [2.75, 3.05) is 5.43 Å². The van der Waals surface area contributed by atoms with Crippen molar-refractivity contribution in [3.05, 3.63) is 29.8 Å². The van der Waals surface area contributed by atoms with E-state index in [2.05, 4.69) is 15.7 Å². The van der Waals surface area contributed by atoms with Gasteiger partial charge in [-0.05, 0) is 17.7 Å². The molecule has 14 heavy (non-hydrogen) atoms. The zero-order valence-corrected chi connectivity index (χ0v) is 7.78. The molecule has 0 radical (unpaired) electrons. The molecular formula is C9H12N2O3. The summed E-state index contributed by atoms with van der Waals surface area (Å²) in [6, 6.07) is 7.09. The van der Waals surface area contributed by atoms with Crippen LogP contribution in [0.2, 0.25) is 0 Å². The fraction of sp³-hybridized carbons (Fsp3) is 0.222. The van der Waals surface area contributed by atoms with Crippen LogP contribution >= 0.6 is 0 Å². The minimum Gasteiger partial charge on any atom is -0.299 e. The van der Waals surface area contributed by atoms with Crippen molar-refractivity contribution in [1.29, 1.82) is 0 Å². The van der Waals surface area contributed by atoms with Crippen LogP contribution in [0.3, 0.4) is 0 Å². The van der Waals surface area contributed by atoms with E-state index < -0.39 is 0 Å². The fourth-order valence-corrected chi connectivity index (χ4v) is 0.919. The summed E-state index contributed by atoms with van der Waals surface area (Å²) in [6.07, 6.45) is 0. The summed E-state index contributed by atoms with van der Waals surface area (Å²) in [5.74, 6) is -0.159. The lowest BCUT2D eigenvalue weighted by Crippen LogP contribution is -2.26. The molecule has 0 heterocycles. The molecule has 0 saturated heterocycles. The van der Waals surface area contributed by atoms with E-state index in [0.29, 0.717) is 0 Å². The van der Waals surface area contributed by atoms with Gasteiger partial charge in [-0.25, -0.2) is 4.89 Å². The molecule has 0 bridgehead atoms. The molecule has 1 amide bonds. The van der Waals surface area contributed by atoms with Crippen molar-refractivity contribution in [2.24, 2.45) is 0 Å². The van der Waals surface area contributed by atoms with Gasteiger partial charge in [-0.3, -0.25) is 20.9 Å². The maximum absolute atomic E-state index is 10.6. The summed E-state index contributed by atoms with van der Waals surface area (Å²) < 4.78 is 0. The first-order chi connectivity index (χ1) is 6.72. The maximum Gasteiger partial charge on any atom is 0.235 e. The lowest BCUT2D eigenvalue weighted by Gasteiger charge is -2.06. The minimum atomic E-state index is -0.159. The highest BCUT2D eigenvalue weighted by Crippen LogP contribution is 2.08. The van der Waals surface area contributed by atoms with Crippen LogP contribution in [-0.4, -0.2) is 11.2 Å². The normalized spacial score (nSPS) is 9.57. The molecule has 0 unspecified atom stereocenters. The SMILES string of the molecule is CC(=O)NNc1ccc(COO)cc1. The number of rotatable bonds is 4. The first-order valence-corrected chi connectivity index (χ1v) is 4.10. The second-order valence-corrected chi connectivity index (χ2v) is 2.78. The zero-order valence-electron chi connectivity index (χ0n) is 7.78. The predicted octanol–water partition coefficient (Wildman–Crippen LogP) is 1.14. The third kappa shape index (κ3) is 3.42. The van der Waals surface area contributed by atoms with Gasteiger partial charge in [-0.2, -0.15) is 0 Å². The van der Waals surface area contributed by atoms with Crippen LogP contribution in [0, 0.1) is 0 Å². The topological polar surface area (TPSA) is 70.6 Å². The molecule has 0 aliphatic heterocycles. The van der Waals surface area contributed by atoms with Crippen LogP contribution in [0.5, 0.6) is 0 Å². The predicted molar refractivity (Wildman–Crippen MR) is 51.3 cm³/mol. The average molecular weight is 196 g/mol. The highest BCUT2D eigenvalue weighted by atomic mass is 17.1. The van der Waals surface area contributed by atoms with Crippen LogP contribution in [0.1, 0.15) is 12.5 Å². The number of hydrogen-bond acceptors (Lipinski definition) is 4. The van der Waals surface area contributed by atoms with Crippen LogP contribution in [0.25, 0.3) is 0 Å². The van der Waals surface area contributed by atoms with Gasteiger partial charge < -0.3 is 0 Å². The van der Waals surface area contributed by atoms with E-state index in [1.54, 1.807) is 24.3 Å². The number of carbonyl (C=O) groups excluding carboxylic acids is 1. The van der Waals surface area contributed by atoms with Crippen molar-refractivity contribution >= 4 is 11.6 Å². The van der Waals surface area contributed by atoms with Gasteiger partial charge in [0.2, 0.25) is 5.91 Å². The molecule has 1 aromatic rings. The van der Waals surface area contributed by atoms with Crippen LogP contribution < -0.4 is 10.9 Å². The molecule has 3 N–H and O–H groups in total. The molecular weight excluding hydrogens is 184 g/mol. The molecule has 0 fully saturated rings. The van der Waals surface area contributed by atoms with Gasteiger partial charge in [-0.15, -0.1) is 0 Å². The van der Waals surface area contributed by atoms with Crippen molar-refractivity contribution in [3.8, 4) is 0 Å². The summed E-state index contributed by atoms with van der Waals surface area (Å²) in [6.45, 7) is 1.57. The van der Waals surface area contributed by atoms with E-state index in [4.69, 9.17) is 5.26 Å². The Balaban J connectivity index is 2.50. The molecule has 0 spiro atoms. The highest BCUT2D eigenvalue weighted by molar-refractivity contribution is 5.74. The Hall–Kier alpha value is -1.59. The first-order valence-electron chi connectivity index (χ1n) is 4.10. The van der Waals surface area contributed by atoms with Gasteiger partial charge in [0, 0.05) is 6.92 Å². The molecule has 1 rings (SSSR count). The van der Waals surface area contributed by atoms with Crippen molar-refractivity contribution in [3.63, 3.8) is 0 Å². The molecule has 0 aliphatic rings. The van der Waals surface area contributed by atoms with Crippen LogP contribution in [0.15, 0.2) is 24.3 Å². The molecule has 76 valence electrons. The number of hydrazine groups is 1. The van der Waals surface area contributed by atoms with Crippen molar-refractivity contribution in [2.45, 2.75) is 13.5 Å². The van der Waals surface area contributed by atoms with Crippen LogP contribution in [0.4, 0.5) is 5.69 Å². The second kappa shape index (κ2) is 5.21. The first kappa shape index (κ1) is 10.5. The monoisotopic (exact) mass is 196 g/mol. The Morgan fingerprint density at radius 3 is 2.57 bits per heavy atom. The fourth-order valence-electron chi connectivity index (χ4n) is 0.919.